The summed E-state index contributed by atoms with van der Waals surface area (Å²) in [5.74, 6) is -0.904. The van der Waals surface area contributed by atoms with Crippen molar-refractivity contribution in [2.45, 2.75) is 24.0 Å². The summed E-state index contributed by atoms with van der Waals surface area (Å²) in [6.45, 7) is 0.349. The van der Waals surface area contributed by atoms with Crippen LogP contribution in [0.5, 0.6) is 0 Å². The predicted octanol–water partition coefficient (Wildman–Crippen LogP) is 0.193. The van der Waals surface area contributed by atoms with Gasteiger partial charge < -0.3 is 14.4 Å². The first-order valence-electron chi connectivity index (χ1n) is 9.56. The van der Waals surface area contributed by atoms with Crippen molar-refractivity contribution < 1.29 is 22.4 Å². The number of rotatable bonds is 4. The second-order valence-electron chi connectivity index (χ2n) is 7.50. The second kappa shape index (κ2) is 7.80. The Morgan fingerprint density at radius 3 is 2.70 bits per heavy atom. The quantitative estimate of drug-likeness (QED) is 0.683. The van der Waals surface area contributed by atoms with Crippen LogP contribution in [0.25, 0.3) is 0 Å². The van der Waals surface area contributed by atoms with E-state index in [0.29, 0.717) is 5.56 Å². The maximum atomic E-state index is 13.5. The first-order chi connectivity index (χ1) is 14.3. The van der Waals surface area contributed by atoms with E-state index in [2.05, 4.69) is 4.98 Å². The van der Waals surface area contributed by atoms with Gasteiger partial charge in [-0.15, -0.1) is 0 Å². The van der Waals surface area contributed by atoms with Crippen molar-refractivity contribution in [1.29, 1.82) is 0 Å². The number of halogens is 1. The monoisotopic (exact) mass is 435 g/mol. The van der Waals surface area contributed by atoms with Crippen LogP contribution in [-0.2, 0) is 33.2 Å². The van der Waals surface area contributed by atoms with Gasteiger partial charge >= 0.3 is 0 Å². The lowest BCUT2D eigenvalue weighted by atomic mass is 10.1. The maximum absolute atomic E-state index is 13.5. The minimum atomic E-state index is -3.81. The molecule has 0 spiro atoms. The summed E-state index contributed by atoms with van der Waals surface area (Å²) in [6, 6.07) is 5.17. The molecule has 1 atom stereocenters. The van der Waals surface area contributed by atoms with Crippen LogP contribution in [0.4, 0.5) is 4.39 Å². The molecular weight excluding hydrogens is 413 g/mol. The number of amides is 2. The molecule has 0 aliphatic carbocycles. The van der Waals surface area contributed by atoms with Crippen molar-refractivity contribution in [1.82, 2.24) is 23.7 Å². The molecular formula is C19H22FN5O4S. The van der Waals surface area contributed by atoms with Crippen molar-refractivity contribution in [2.24, 2.45) is 7.05 Å². The van der Waals surface area contributed by atoms with Crippen LogP contribution in [-0.4, -0.2) is 76.1 Å². The zero-order valence-electron chi connectivity index (χ0n) is 16.4. The zero-order chi connectivity index (χ0) is 21.5. The van der Waals surface area contributed by atoms with Gasteiger partial charge in [0, 0.05) is 39.4 Å². The fourth-order valence-electron chi connectivity index (χ4n) is 3.89. The van der Waals surface area contributed by atoms with E-state index < -0.39 is 21.9 Å². The van der Waals surface area contributed by atoms with Gasteiger partial charge in [0.15, 0.2) is 5.03 Å². The Bertz CT molecular complexity index is 1090. The van der Waals surface area contributed by atoms with E-state index in [9.17, 15) is 22.4 Å². The largest absolute Gasteiger partial charge is 0.339 e. The van der Waals surface area contributed by atoms with Gasteiger partial charge in [0.1, 0.15) is 18.4 Å². The molecule has 160 valence electrons. The molecule has 2 amide bonds. The highest BCUT2D eigenvalue weighted by molar-refractivity contribution is 7.89. The number of sulfonamides is 1. The number of carbonyl (C=O) groups excluding carboxylic acids is 2. The summed E-state index contributed by atoms with van der Waals surface area (Å²) in [7, 11) is -2.13. The Kier molecular flexibility index (Phi) is 5.33. The lowest BCUT2D eigenvalue weighted by molar-refractivity contribution is -0.156. The number of hydrogen-bond donors (Lipinski definition) is 0. The van der Waals surface area contributed by atoms with Crippen molar-refractivity contribution in [3.8, 4) is 0 Å². The number of hydrogen-bond acceptors (Lipinski definition) is 5. The molecule has 2 aliphatic rings. The van der Waals surface area contributed by atoms with Gasteiger partial charge in [-0.25, -0.2) is 17.8 Å². The molecule has 0 saturated carbocycles. The molecule has 1 unspecified atom stereocenters. The molecule has 2 saturated heterocycles. The molecule has 2 aliphatic heterocycles. The zero-order valence-corrected chi connectivity index (χ0v) is 17.3. The van der Waals surface area contributed by atoms with Gasteiger partial charge in [0.2, 0.25) is 11.8 Å². The van der Waals surface area contributed by atoms with Crippen LogP contribution in [0.3, 0.4) is 0 Å². The Labute approximate surface area is 173 Å². The molecule has 2 fully saturated rings. The maximum Gasteiger partial charge on any atom is 0.262 e. The van der Waals surface area contributed by atoms with Crippen molar-refractivity contribution in [3.05, 3.63) is 48.2 Å². The first-order valence-corrected chi connectivity index (χ1v) is 11.0. The van der Waals surface area contributed by atoms with Crippen LogP contribution in [0, 0.1) is 5.82 Å². The lowest BCUT2D eigenvalue weighted by Crippen LogP contribution is -2.59. The Morgan fingerprint density at radius 2 is 2.00 bits per heavy atom. The van der Waals surface area contributed by atoms with Gasteiger partial charge in [0.05, 0.1) is 6.33 Å². The molecule has 30 heavy (non-hydrogen) atoms. The van der Waals surface area contributed by atoms with Gasteiger partial charge in [-0.1, -0.05) is 12.1 Å². The third-order valence-electron chi connectivity index (χ3n) is 5.41. The second-order valence-corrected chi connectivity index (χ2v) is 9.38. The molecule has 1 aromatic carbocycles. The Hall–Kier alpha value is -2.79. The van der Waals surface area contributed by atoms with Crippen LogP contribution >= 0.6 is 0 Å². The average Bonchev–Trinajstić information content (AvgIpc) is 3.00. The molecule has 2 aromatic rings. The normalized spacial score (nSPS) is 20.9. The summed E-state index contributed by atoms with van der Waals surface area (Å²) >= 11 is 0. The van der Waals surface area contributed by atoms with Gasteiger partial charge in [-0.05, 0) is 24.1 Å². The summed E-state index contributed by atoms with van der Waals surface area (Å²) in [6.07, 6.45) is 3.02. The molecule has 0 radical (unpaired) electrons. The molecule has 4 rings (SSSR count). The first kappa shape index (κ1) is 20.5. The summed E-state index contributed by atoms with van der Waals surface area (Å²) < 4.78 is 42.0. The van der Waals surface area contributed by atoms with Gasteiger partial charge in [-0.2, -0.15) is 4.31 Å². The fourth-order valence-corrected chi connectivity index (χ4v) is 5.30. The SMILES string of the molecule is Cn1cnc(S(=O)(=O)N2CCC3C(=O)N(Cc4cccc(F)c4)CC(=O)N3CC2)c1. The highest BCUT2D eigenvalue weighted by Gasteiger charge is 2.42. The van der Waals surface area contributed by atoms with Crippen LogP contribution in [0.1, 0.15) is 12.0 Å². The number of piperazine rings is 1. The molecule has 9 nitrogen and oxygen atoms in total. The van der Waals surface area contributed by atoms with E-state index in [4.69, 9.17) is 0 Å². The van der Waals surface area contributed by atoms with E-state index in [1.807, 2.05) is 0 Å². The highest BCUT2D eigenvalue weighted by atomic mass is 32.2. The fraction of sp³-hybridized carbons (Fsp3) is 0.421. The lowest BCUT2D eigenvalue weighted by Gasteiger charge is -2.39. The molecule has 1 aromatic heterocycles. The third-order valence-corrected chi connectivity index (χ3v) is 7.19. The minimum absolute atomic E-state index is 0.0599. The van der Waals surface area contributed by atoms with E-state index in [1.165, 1.54) is 38.8 Å². The summed E-state index contributed by atoms with van der Waals surface area (Å²) in [5, 5.41) is -0.0599. The number of benzene rings is 1. The number of carbonyl (C=O) groups is 2. The highest BCUT2D eigenvalue weighted by Crippen LogP contribution is 2.23. The molecule has 0 N–H and O–H groups in total. The average molecular weight is 435 g/mol. The number of fused-ring (bicyclic) bond motifs is 1. The van der Waals surface area contributed by atoms with Crippen LogP contribution in [0.2, 0.25) is 0 Å². The number of aryl methyl sites for hydroxylation is 1. The number of aromatic nitrogens is 2. The Morgan fingerprint density at radius 1 is 1.20 bits per heavy atom. The van der Waals surface area contributed by atoms with E-state index in [-0.39, 0.29) is 56.0 Å². The van der Waals surface area contributed by atoms with Gasteiger partial charge in [-0.3, -0.25) is 9.59 Å². The topological polar surface area (TPSA) is 95.8 Å². The Balaban J connectivity index is 1.51. The van der Waals surface area contributed by atoms with Crippen molar-refractivity contribution >= 4 is 21.8 Å². The molecule has 0 bridgehead atoms. The van der Waals surface area contributed by atoms with Gasteiger partial charge in [0.25, 0.3) is 10.0 Å². The third kappa shape index (κ3) is 3.82. The summed E-state index contributed by atoms with van der Waals surface area (Å²) in [5.41, 5.74) is 0.595. The van der Waals surface area contributed by atoms with Crippen molar-refractivity contribution in [2.75, 3.05) is 26.2 Å². The minimum Gasteiger partial charge on any atom is -0.339 e. The standard InChI is InChI=1S/C19H22FN5O4S/c1-22-11-17(21-13-22)30(28,29)24-6-5-16-19(27)23(12-18(26)25(16)8-7-24)10-14-3-2-4-15(20)9-14/h2-4,9,11,13,16H,5-8,10,12H2,1H3. The van der Waals surface area contributed by atoms with Crippen LogP contribution < -0.4 is 0 Å². The van der Waals surface area contributed by atoms with Crippen molar-refractivity contribution in [3.63, 3.8) is 0 Å². The van der Waals surface area contributed by atoms with E-state index >= 15 is 0 Å². The summed E-state index contributed by atoms with van der Waals surface area (Å²) in [4.78, 5) is 32.5. The number of imidazole rings is 1. The van der Waals surface area contributed by atoms with E-state index in [1.54, 1.807) is 23.7 Å². The van der Waals surface area contributed by atoms with E-state index in [0.717, 1.165) is 0 Å². The number of nitrogens with zero attached hydrogens (tertiary/aromatic N) is 5. The van der Waals surface area contributed by atoms with Crippen LogP contribution in [0.15, 0.2) is 41.8 Å². The molecule has 11 heteroatoms. The molecule has 3 heterocycles. The predicted molar refractivity (Wildman–Crippen MR) is 104 cm³/mol. The smallest absolute Gasteiger partial charge is 0.262 e.